The molecule has 1 aliphatic heterocycles. The molecule has 1 fully saturated rings. The zero-order valence-electron chi connectivity index (χ0n) is 14.9. The molecule has 1 saturated heterocycles. The van der Waals surface area contributed by atoms with Crippen LogP contribution in [-0.2, 0) is 9.47 Å². The molecule has 2 aromatic rings. The average Bonchev–Trinajstić information content (AvgIpc) is 3.14. The van der Waals surface area contributed by atoms with Crippen LogP contribution in [0.1, 0.15) is 38.1 Å². The molecule has 142 valence electrons. The Morgan fingerprint density at radius 1 is 1.35 bits per heavy atom. The van der Waals surface area contributed by atoms with E-state index in [2.05, 4.69) is 23.5 Å². The van der Waals surface area contributed by atoms with Crippen molar-refractivity contribution in [3.8, 4) is 0 Å². The first-order valence-electron chi connectivity index (χ1n) is 8.91. The summed E-state index contributed by atoms with van der Waals surface area (Å²) in [6.45, 7) is 6.75. The van der Waals surface area contributed by atoms with E-state index < -0.39 is 24.5 Å². The number of hydrogen-bond donors (Lipinski definition) is 3. The molecule has 0 amide bonds. The molecule has 0 spiro atoms. The number of aliphatic hydroxyl groups is 2. The summed E-state index contributed by atoms with van der Waals surface area (Å²) in [5.41, 5.74) is 7.11. The SMILES string of the molecule is C=Cc1cc2c(N)ncnc2n1C1OC(COCCCCC)C(O)C1O. The van der Waals surface area contributed by atoms with Crippen LogP contribution in [0.15, 0.2) is 19.0 Å². The second-order valence-electron chi connectivity index (χ2n) is 6.47. The Balaban J connectivity index is 1.80. The Labute approximate surface area is 152 Å². The van der Waals surface area contributed by atoms with E-state index in [1.165, 1.54) is 6.33 Å². The molecular formula is C18H26N4O4. The fourth-order valence-corrected chi connectivity index (χ4v) is 3.23. The van der Waals surface area contributed by atoms with Gasteiger partial charge in [-0.25, -0.2) is 9.97 Å². The standard InChI is InChI=1S/C18H26N4O4/c1-3-5-6-7-25-9-13-14(23)15(24)18(26-13)22-11(4-2)8-12-16(19)20-10-21-17(12)22/h4,8,10,13-15,18,23-24H,2-3,5-7,9H2,1H3,(H2,19,20,21). The highest BCUT2D eigenvalue weighted by atomic mass is 16.6. The molecule has 8 heteroatoms. The van der Waals surface area contributed by atoms with Gasteiger partial charge in [0.2, 0.25) is 0 Å². The van der Waals surface area contributed by atoms with E-state index in [0.29, 0.717) is 29.2 Å². The highest BCUT2D eigenvalue weighted by Crippen LogP contribution is 2.35. The normalized spacial score (nSPS) is 25.8. The summed E-state index contributed by atoms with van der Waals surface area (Å²) in [5.74, 6) is 0.334. The van der Waals surface area contributed by atoms with Crippen molar-refractivity contribution >= 4 is 22.9 Å². The Morgan fingerprint density at radius 3 is 2.88 bits per heavy atom. The van der Waals surface area contributed by atoms with Crippen LogP contribution in [0.3, 0.4) is 0 Å². The van der Waals surface area contributed by atoms with Crippen molar-refractivity contribution in [2.24, 2.45) is 0 Å². The quantitative estimate of drug-likeness (QED) is 0.609. The molecule has 4 N–H and O–H groups in total. The molecule has 0 aromatic carbocycles. The van der Waals surface area contributed by atoms with E-state index in [0.717, 1.165) is 19.3 Å². The predicted molar refractivity (Wildman–Crippen MR) is 98.3 cm³/mol. The number of anilines is 1. The summed E-state index contributed by atoms with van der Waals surface area (Å²) in [6.07, 6.45) is 2.54. The molecule has 3 rings (SSSR count). The first-order chi connectivity index (χ1) is 12.6. The van der Waals surface area contributed by atoms with Crippen molar-refractivity contribution in [2.45, 2.75) is 50.7 Å². The van der Waals surface area contributed by atoms with Gasteiger partial charge in [-0.1, -0.05) is 26.3 Å². The fourth-order valence-electron chi connectivity index (χ4n) is 3.23. The van der Waals surface area contributed by atoms with E-state index in [1.54, 1.807) is 16.7 Å². The summed E-state index contributed by atoms with van der Waals surface area (Å²) in [5, 5.41) is 21.5. The van der Waals surface area contributed by atoms with Crippen LogP contribution in [0.4, 0.5) is 5.82 Å². The van der Waals surface area contributed by atoms with Gasteiger partial charge in [0.15, 0.2) is 6.23 Å². The minimum Gasteiger partial charge on any atom is -0.387 e. The molecule has 0 aliphatic carbocycles. The largest absolute Gasteiger partial charge is 0.387 e. The zero-order valence-corrected chi connectivity index (χ0v) is 14.9. The molecule has 4 atom stereocenters. The molecule has 8 nitrogen and oxygen atoms in total. The van der Waals surface area contributed by atoms with Gasteiger partial charge < -0.3 is 25.4 Å². The third kappa shape index (κ3) is 3.45. The third-order valence-electron chi connectivity index (χ3n) is 4.67. The van der Waals surface area contributed by atoms with Gasteiger partial charge >= 0.3 is 0 Å². The number of ether oxygens (including phenoxy) is 2. The van der Waals surface area contributed by atoms with Crippen molar-refractivity contribution in [3.05, 3.63) is 24.7 Å². The smallest absolute Gasteiger partial charge is 0.165 e. The Hall–Kier alpha value is -2.00. The predicted octanol–water partition coefficient (Wildman–Crippen LogP) is 1.48. The van der Waals surface area contributed by atoms with Crippen molar-refractivity contribution in [1.29, 1.82) is 0 Å². The van der Waals surface area contributed by atoms with Gasteiger partial charge in [0.05, 0.1) is 12.0 Å². The number of nitrogens with zero attached hydrogens (tertiary/aromatic N) is 3. The van der Waals surface area contributed by atoms with Gasteiger partial charge in [0.1, 0.15) is 36.1 Å². The van der Waals surface area contributed by atoms with E-state index in [9.17, 15) is 10.2 Å². The molecule has 4 unspecified atom stereocenters. The highest BCUT2D eigenvalue weighted by Gasteiger charge is 2.44. The topological polar surface area (TPSA) is 116 Å². The minimum atomic E-state index is -1.12. The lowest BCUT2D eigenvalue weighted by atomic mass is 10.1. The number of hydrogen-bond acceptors (Lipinski definition) is 7. The minimum absolute atomic E-state index is 0.220. The maximum Gasteiger partial charge on any atom is 0.165 e. The van der Waals surface area contributed by atoms with Gasteiger partial charge in [-0.2, -0.15) is 0 Å². The molecule has 1 aliphatic rings. The molecular weight excluding hydrogens is 336 g/mol. The number of fused-ring (bicyclic) bond motifs is 1. The number of aromatic nitrogens is 3. The van der Waals surface area contributed by atoms with Gasteiger partial charge in [-0.05, 0) is 18.6 Å². The van der Waals surface area contributed by atoms with Crippen LogP contribution in [0.5, 0.6) is 0 Å². The summed E-state index contributed by atoms with van der Waals surface area (Å²) in [6, 6.07) is 1.79. The van der Waals surface area contributed by atoms with Crippen molar-refractivity contribution in [1.82, 2.24) is 14.5 Å². The average molecular weight is 362 g/mol. The summed E-state index contributed by atoms with van der Waals surface area (Å²) >= 11 is 0. The summed E-state index contributed by atoms with van der Waals surface area (Å²) in [7, 11) is 0. The summed E-state index contributed by atoms with van der Waals surface area (Å²) in [4.78, 5) is 8.24. The van der Waals surface area contributed by atoms with E-state index >= 15 is 0 Å². The Kier molecular flexibility index (Phi) is 5.87. The number of nitrogen functional groups attached to an aromatic ring is 1. The fraction of sp³-hybridized carbons (Fsp3) is 0.556. The number of unbranched alkanes of at least 4 members (excludes halogenated alkanes) is 2. The first-order valence-corrected chi connectivity index (χ1v) is 8.91. The second-order valence-corrected chi connectivity index (χ2v) is 6.47. The van der Waals surface area contributed by atoms with Gasteiger partial charge in [0.25, 0.3) is 0 Å². The highest BCUT2D eigenvalue weighted by molar-refractivity contribution is 5.88. The molecule has 0 saturated carbocycles. The molecule has 26 heavy (non-hydrogen) atoms. The zero-order chi connectivity index (χ0) is 18.7. The van der Waals surface area contributed by atoms with Crippen molar-refractivity contribution in [3.63, 3.8) is 0 Å². The van der Waals surface area contributed by atoms with Gasteiger partial charge in [-0.15, -0.1) is 0 Å². The van der Waals surface area contributed by atoms with Crippen LogP contribution in [-0.4, -0.2) is 56.3 Å². The molecule has 3 heterocycles. The first kappa shape index (κ1) is 18.8. The van der Waals surface area contributed by atoms with Crippen LogP contribution < -0.4 is 5.73 Å². The van der Waals surface area contributed by atoms with Crippen LogP contribution in [0.2, 0.25) is 0 Å². The van der Waals surface area contributed by atoms with E-state index in [-0.39, 0.29) is 6.61 Å². The maximum atomic E-state index is 10.5. The van der Waals surface area contributed by atoms with Crippen LogP contribution in [0, 0.1) is 0 Å². The van der Waals surface area contributed by atoms with Crippen LogP contribution >= 0.6 is 0 Å². The summed E-state index contributed by atoms with van der Waals surface area (Å²) < 4.78 is 13.2. The second kappa shape index (κ2) is 8.13. The molecule has 0 radical (unpaired) electrons. The monoisotopic (exact) mass is 362 g/mol. The maximum absolute atomic E-state index is 10.5. The van der Waals surface area contributed by atoms with Crippen molar-refractivity contribution in [2.75, 3.05) is 18.9 Å². The van der Waals surface area contributed by atoms with E-state index in [4.69, 9.17) is 15.2 Å². The van der Waals surface area contributed by atoms with Gasteiger partial charge in [0, 0.05) is 12.3 Å². The number of rotatable bonds is 8. The molecule has 2 aromatic heterocycles. The lowest BCUT2D eigenvalue weighted by Gasteiger charge is -2.19. The van der Waals surface area contributed by atoms with Gasteiger partial charge in [-0.3, -0.25) is 4.57 Å². The Bertz CT molecular complexity index is 763. The van der Waals surface area contributed by atoms with Crippen molar-refractivity contribution < 1.29 is 19.7 Å². The third-order valence-corrected chi connectivity index (χ3v) is 4.67. The van der Waals surface area contributed by atoms with Crippen LogP contribution in [0.25, 0.3) is 17.1 Å². The molecule has 0 bridgehead atoms. The lowest BCUT2D eigenvalue weighted by Crippen LogP contribution is -2.34. The lowest BCUT2D eigenvalue weighted by molar-refractivity contribution is -0.0656. The van der Waals surface area contributed by atoms with E-state index in [1.807, 2.05) is 0 Å². The Morgan fingerprint density at radius 2 is 2.15 bits per heavy atom. The number of nitrogens with two attached hydrogens (primary N) is 1. The number of aliphatic hydroxyl groups excluding tert-OH is 2.